The quantitative estimate of drug-likeness (QED) is 0.817. The Morgan fingerprint density at radius 2 is 2.13 bits per heavy atom. The summed E-state index contributed by atoms with van der Waals surface area (Å²) in [5, 5.41) is 9.40. The Labute approximate surface area is 149 Å². The number of carbonyl (C=O) groups is 1. The summed E-state index contributed by atoms with van der Waals surface area (Å²) in [6.07, 6.45) is 1.71. The highest BCUT2D eigenvalue weighted by Gasteiger charge is 2.32. The number of benzene rings is 1. The molecule has 1 N–H and O–H groups in total. The standard InChI is InChI=1S/C18H20BrNO2S/c1-12-8-9-16(23-12)17(14-6-2-3-7-15(14)19)20-10-4-5-13(11-20)18(21)22/h2-3,6-9,13,17H,4-5,10-11H2,1H3,(H,21,22). The van der Waals surface area contributed by atoms with E-state index in [-0.39, 0.29) is 12.0 Å². The van der Waals surface area contributed by atoms with E-state index in [4.69, 9.17) is 0 Å². The molecule has 1 aliphatic heterocycles. The van der Waals surface area contributed by atoms with Crippen molar-refractivity contribution >= 4 is 33.2 Å². The number of halogens is 1. The molecule has 1 saturated heterocycles. The molecule has 3 nitrogen and oxygen atoms in total. The monoisotopic (exact) mass is 393 g/mol. The molecule has 0 radical (unpaired) electrons. The first-order valence-corrected chi connectivity index (χ1v) is 9.45. The Morgan fingerprint density at radius 3 is 2.78 bits per heavy atom. The molecule has 2 heterocycles. The van der Waals surface area contributed by atoms with E-state index in [2.05, 4.69) is 52.0 Å². The number of carboxylic acid groups (broad SMARTS) is 1. The fourth-order valence-electron chi connectivity index (χ4n) is 3.27. The summed E-state index contributed by atoms with van der Waals surface area (Å²) in [7, 11) is 0. The minimum absolute atomic E-state index is 0.117. The van der Waals surface area contributed by atoms with Crippen molar-refractivity contribution in [3.8, 4) is 0 Å². The van der Waals surface area contributed by atoms with Crippen LogP contribution in [0.3, 0.4) is 0 Å². The van der Waals surface area contributed by atoms with Crippen LogP contribution in [0.5, 0.6) is 0 Å². The predicted octanol–water partition coefficient (Wildman–Crippen LogP) is 4.71. The molecule has 0 spiro atoms. The maximum atomic E-state index is 11.4. The zero-order valence-electron chi connectivity index (χ0n) is 13.0. The molecular formula is C18H20BrNO2S. The maximum absolute atomic E-state index is 11.4. The van der Waals surface area contributed by atoms with Crippen molar-refractivity contribution in [1.82, 2.24) is 4.90 Å². The Balaban J connectivity index is 1.98. The van der Waals surface area contributed by atoms with Crippen LogP contribution in [0.4, 0.5) is 0 Å². The van der Waals surface area contributed by atoms with E-state index in [9.17, 15) is 9.90 Å². The third kappa shape index (κ3) is 3.67. The van der Waals surface area contributed by atoms with E-state index in [0.29, 0.717) is 6.54 Å². The largest absolute Gasteiger partial charge is 0.481 e. The van der Waals surface area contributed by atoms with Crippen molar-refractivity contribution in [1.29, 1.82) is 0 Å². The summed E-state index contributed by atoms with van der Waals surface area (Å²) in [5.41, 5.74) is 1.21. The number of likely N-dealkylation sites (tertiary alicyclic amines) is 1. The van der Waals surface area contributed by atoms with E-state index >= 15 is 0 Å². The van der Waals surface area contributed by atoms with E-state index in [1.807, 2.05) is 12.1 Å². The Kier molecular flexibility index (Phi) is 5.19. The molecule has 0 aliphatic carbocycles. The highest BCUT2D eigenvalue weighted by molar-refractivity contribution is 9.10. The first kappa shape index (κ1) is 16.7. The molecule has 1 fully saturated rings. The molecule has 0 saturated carbocycles. The maximum Gasteiger partial charge on any atom is 0.307 e. The molecule has 2 atom stereocenters. The van der Waals surface area contributed by atoms with Crippen molar-refractivity contribution in [3.05, 3.63) is 56.2 Å². The second-order valence-corrected chi connectivity index (χ2v) is 8.22. The number of piperidine rings is 1. The molecule has 5 heteroatoms. The van der Waals surface area contributed by atoms with E-state index < -0.39 is 5.97 Å². The summed E-state index contributed by atoms with van der Waals surface area (Å²) in [4.78, 5) is 16.3. The van der Waals surface area contributed by atoms with Crippen LogP contribution in [0.2, 0.25) is 0 Å². The number of aryl methyl sites for hydroxylation is 1. The van der Waals surface area contributed by atoms with Crippen LogP contribution in [0.15, 0.2) is 40.9 Å². The van der Waals surface area contributed by atoms with Gasteiger partial charge in [-0.3, -0.25) is 9.69 Å². The van der Waals surface area contributed by atoms with Gasteiger partial charge in [0.15, 0.2) is 0 Å². The number of carboxylic acids is 1. The molecule has 2 unspecified atom stereocenters. The number of nitrogens with zero attached hydrogens (tertiary/aromatic N) is 1. The van der Waals surface area contributed by atoms with Gasteiger partial charge in [0.1, 0.15) is 0 Å². The van der Waals surface area contributed by atoms with Gasteiger partial charge in [-0.2, -0.15) is 0 Å². The molecule has 1 aromatic heterocycles. The van der Waals surface area contributed by atoms with Gasteiger partial charge >= 0.3 is 5.97 Å². The first-order valence-electron chi connectivity index (χ1n) is 7.84. The predicted molar refractivity (Wildman–Crippen MR) is 97.0 cm³/mol. The van der Waals surface area contributed by atoms with Gasteiger partial charge in [0.2, 0.25) is 0 Å². The number of thiophene rings is 1. The van der Waals surface area contributed by atoms with Crippen molar-refractivity contribution in [2.24, 2.45) is 5.92 Å². The summed E-state index contributed by atoms with van der Waals surface area (Å²) in [6, 6.07) is 12.7. The Bertz CT molecular complexity index is 700. The summed E-state index contributed by atoms with van der Waals surface area (Å²) >= 11 is 5.47. The van der Waals surface area contributed by atoms with Gasteiger partial charge in [-0.15, -0.1) is 11.3 Å². The summed E-state index contributed by atoms with van der Waals surface area (Å²) < 4.78 is 1.08. The van der Waals surface area contributed by atoms with Crippen molar-refractivity contribution < 1.29 is 9.90 Å². The molecule has 122 valence electrons. The second-order valence-electron chi connectivity index (χ2n) is 6.04. The zero-order valence-corrected chi connectivity index (χ0v) is 15.4. The molecule has 2 aromatic rings. The highest BCUT2D eigenvalue weighted by atomic mass is 79.9. The Hall–Kier alpha value is -1.17. The molecule has 23 heavy (non-hydrogen) atoms. The minimum atomic E-state index is -0.678. The average molecular weight is 394 g/mol. The number of hydrogen-bond acceptors (Lipinski definition) is 3. The fraction of sp³-hybridized carbons (Fsp3) is 0.389. The molecule has 0 amide bonds. The fourth-order valence-corrected chi connectivity index (χ4v) is 4.80. The van der Waals surface area contributed by atoms with Gasteiger partial charge in [-0.1, -0.05) is 34.1 Å². The van der Waals surface area contributed by atoms with Crippen LogP contribution in [-0.4, -0.2) is 29.1 Å². The lowest BCUT2D eigenvalue weighted by Crippen LogP contribution is -2.41. The molecule has 3 rings (SSSR count). The van der Waals surface area contributed by atoms with E-state index in [1.54, 1.807) is 11.3 Å². The lowest BCUT2D eigenvalue weighted by atomic mass is 9.94. The van der Waals surface area contributed by atoms with Crippen molar-refractivity contribution in [2.45, 2.75) is 25.8 Å². The van der Waals surface area contributed by atoms with Gasteiger partial charge in [0.25, 0.3) is 0 Å². The average Bonchev–Trinajstić information content (AvgIpc) is 2.96. The van der Waals surface area contributed by atoms with Gasteiger partial charge in [-0.05, 0) is 50.1 Å². The number of rotatable bonds is 4. The third-order valence-corrected chi connectivity index (χ3v) is 6.17. The lowest BCUT2D eigenvalue weighted by molar-refractivity contribution is -0.143. The normalized spacial score (nSPS) is 20.3. The third-order valence-electron chi connectivity index (χ3n) is 4.40. The molecular weight excluding hydrogens is 374 g/mol. The lowest BCUT2D eigenvalue weighted by Gasteiger charge is -2.37. The molecule has 0 bridgehead atoms. The SMILES string of the molecule is Cc1ccc(C(c2ccccc2Br)N2CCCC(C(=O)O)C2)s1. The van der Waals surface area contributed by atoms with Gasteiger partial charge in [-0.25, -0.2) is 0 Å². The van der Waals surface area contributed by atoms with Gasteiger partial charge in [0, 0.05) is 20.8 Å². The number of hydrogen-bond donors (Lipinski definition) is 1. The van der Waals surface area contributed by atoms with Gasteiger partial charge in [0.05, 0.1) is 12.0 Å². The minimum Gasteiger partial charge on any atom is -0.481 e. The van der Waals surface area contributed by atoms with Crippen LogP contribution in [0.1, 0.15) is 34.2 Å². The van der Waals surface area contributed by atoms with Crippen molar-refractivity contribution in [2.75, 3.05) is 13.1 Å². The van der Waals surface area contributed by atoms with Crippen LogP contribution in [-0.2, 0) is 4.79 Å². The molecule has 1 aromatic carbocycles. The van der Waals surface area contributed by atoms with Crippen LogP contribution >= 0.6 is 27.3 Å². The smallest absolute Gasteiger partial charge is 0.307 e. The first-order chi connectivity index (χ1) is 11.1. The van der Waals surface area contributed by atoms with Gasteiger partial charge < -0.3 is 5.11 Å². The van der Waals surface area contributed by atoms with Crippen molar-refractivity contribution in [3.63, 3.8) is 0 Å². The second kappa shape index (κ2) is 7.16. The van der Waals surface area contributed by atoms with Crippen LogP contribution < -0.4 is 0 Å². The summed E-state index contributed by atoms with van der Waals surface area (Å²) in [5.74, 6) is -0.947. The molecule has 1 aliphatic rings. The topological polar surface area (TPSA) is 40.5 Å². The number of aliphatic carboxylic acids is 1. The summed E-state index contributed by atoms with van der Waals surface area (Å²) in [6.45, 7) is 3.66. The van der Waals surface area contributed by atoms with Crippen LogP contribution in [0, 0.1) is 12.8 Å². The van der Waals surface area contributed by atoms with E-state index in [1.165, 1.54) is 15.3 Å². The Morgan fingerprint density at radius 1 is 1.35 bits per heavy atom. The zero-order chi connectivity index (χ0) is 16.4. The van der Waals surface area contributed by atoms with Crippen LogP contribution in [0.25, 0.3) is 0 Å². The van der Waals surface area contributed by atoms with E-state index in [0.717, 1.165) is 23.9 Å². The highest BCUT2D eigenvalue weighted by Crippen LogP contribution is 2.38.